The molecular formula is C11H13ClF3N3O2. The molecule has 0 unspecified atom stereocenters. The highest BCUT2D eigenvalue weighted by Crippen LogP contribution is 2.27. The fourth-order valence-corrected chi connectivity index (χ4v) is 1.36. The summed E-state index contributed by atoms with van der Waals surface area (Å²) in [7, 11) is 0. The molecule has 0 atom stereocenters. The second-order valence-corrected chi connectivity index (χ2v) is 5.25. The van der Waals surface area contributed by atoms with Crippen LogP contribution < -0.4 is 5.32 Å². The third kappa shape index (κ3) is 5.60. The Morgan fingerprint density at radius 2 is 1.95 bits per heavy atom. The number of aromatic nitrogens is 2. The minimum atomic E-state index is -4.70. The van der Waals surface area contributed by atoms with E-state index >= 15 is 0 Å². The maximum Gasteiger partial charge on any atom is 0.451 e. The normalized spacial score (nSPS) is 12.2. The zero-order valence-corrected chi connectivity index (χ0v) is 11.8. The van der Waals surface area contributed by atoms with Crippen LogP contribution >= 0.6 is 11.6 Å². The molecular weight excluding hydrogens is 299 g/mol. The molecule has 0 aromatic carbocycles. The highest BCUT2D eigenvalue weighted by molar-refractivity contribution is 6.29. The van der Waals surface area contributed by atoms with Crippen LogP contribution in [0.25, 0.3) is 0 Å². The maximum absolute atomic E-state index is 12.5. The zero-order valence-electron chi connectivity index (χ0n) is 11.0. The Hall–Kier alpha value is -1.57. The van der Waals surface area contributed by atoms with Crippen LogP contribution in [-0.4, -0.2) is 21.7 Å². The van der Waals surface area contributed by atoms with Gasteiger partial charge in [-0.15, -0.1) is 0 Å². The van der Waals surface area contributed by atoms with E-state index in [9.17, 15) is 18.0 Å². The van der Waals surface area contributed by atoms with Crippen molar-refractivity contribution in [1.82, 2.24) is 15.3 Å². The summed E-state index contributed by atoms with van der Waals surface area (Å²) in [6.45, 7) is 4.74. The molecule has 0 fully saturated rings. The third-order valence-electron chi connectivity index (χ3n) is 1.81. The Balaban J connectivity index is 2.74. The van der Waals surface area contributed by atoms with Crippen molar-refractivity contribution in [3.05, 3.63) is 22.7 Å². The van der Waals surface area contributed by atoms with Crippen LogP contribution in [0.1, 0.15) is 32.3 Å². The lowest BCUT2D eigenvalue weighted by molar-refractivity contribution is -0.145. The number of nitrogens with zero attached hydrogens (tertiary/aromatic N) is 2. The summed E-state index contributed by atoms with van der Waals surface area (Å²) in [6, 6.07) is 1.13. The fourth-order valence-electron chi connectivity index (χ4n) is 1.16. The topological polar surface area (TPSA) is 64.1 Å². The molecule has 0 aliphatic rings. The Morgan fingerprint density at radius 3 is 2.45 bits per heavy atom. The van der Waals surface area contributed by atoms with Gasteiger partial charge in [0.05, 0.1) is 12.2 Å². The number of hydrogen-bond acceptors (Lipinski definition) is 4. The first-order valence-electron chi connectivity index (χ1n) is 5.55. The first kappa shape index (κ1) is 16.5. The van der Waals surface area contributed by atoms with Gasteiger partial charge >= 0.3 is 12.3 Å². The van der Waals surface area contributed by atoms with E-state index in [0.29, 0.717) is 0 Å². The number of halogens is 4. The highest BCUT2D eigenvalue weighted by atomic mass is 35.5. The molecule has 5 nitrogen and oxygen atoms in total. The van der Waals surface area contributed by atoms with Crippen LogP contribution in [0.15, 0.2) is 6.07 Å². The van der Waals surface area contributed by atoms with Gasteiger partial charge in [0.15, 0.2) is 0 Å². The number of alkyl halides is 3. The van der Waals surface area contributed by atoms with Gasteiger partial charge in [-0.25, -0.2) is 14.8 Å². The summed E-state index contributed by atoms with van der Waals surface area (Å²) in [5.74, 6) is -1.36. The average Bonchev–Trinajstić information content (AvgIpc) is 2.22. The SMILES string of the molecule is CC(C)(C)OC(=O)NCc1cc(Cl)nc(C(F)(F)F)n1. The molecule has 0 radical (unpaired) electrons. The Morgan fingerprint density at radius 1 is 1.35 bits per heavy atom. The van der Waals surface area contributed by atoms with E-state index in [-0.39, 0.29) is 17.4 Å². The first-order valence-corrected chi connectivity index (χ1v) is 5.93. The molecule has 9 heteroatoms. The molecule has 1 aromatic rings. The summed E-state index contributed by atoms with van der Waals surface area (Å²) < 4.78 is 42.4. The summed E-state index contributed by atoms with van der Waals surface area (Å²) in [5, 5.41) is 1.93. The van der Waals surface area contributed by atoms with Gasteiger partial charge in [-0.2, -0.15) is 13.2 Å². The quantitative estimate of drug-likeness (QED) is 0.852. The molecule has 0 spiro atoms. The Bertz CT molecular complexity index is 501. The fraction of sp³-hybridized carbons (Fsp3) is 0.545. The number of alkyl carbamates (subject to hydrolysis) is 1. The molecule has 0 aliphatic carbocycles. The standard InChI is InChI=1S/C11H13ClF3N3O2/c1-10(2,3)20-9(19)16-5-6-4-7(12)18-8(17-6)11(13,14)15/h4H,5H2,1-3H3,(H,16,19). The minimum absolute atomic E-state index is 0.0665. The number of nitrogens with one attached hydrogen (secondary N) is 1. The molecule has 0 bridgehead atoms. The predicted octanol–water partition coefficient (Wildman–Crippen LogP) is 3.17. The summed E-state index contributed by atoms with van der Waals surface area (Å²) in [4.78, 5) is 17.7. The molecule has 1 rings (SSSR count). The minimum Gasteiger partial charge on any atom is -0.444 e. The van der Waals surface area contributed by atoms with Gasteiger partial charge < -0.3 is 10.1 Å². The van der Waals surface area contributed by atoms with Crippen LogP contribution in [0, 0.1) is 0 Å². The van der Waals surface area contributed by atoms with Crippen molar-refractivity contribution in [3.63, 3.8) is 0 Å². The van der Waals surface area contributed by atoms with Gasteiger partial charge in [-0.05, 0) is 26.8 Å². The summed E-state index contributed by atoms with van der Waals surface area (Å²) >= 11 is 5.48. The van der Waals surface area contributed by atoms with Crippen LogP contribution in [0.2, 0.25) is 5.15 Å². The second kappa shape index (κ2) is 5.82. The van der Waals surface area contributed by atoms with E-state index in [4.69, 9.17) is 16.3 Å². The monoisotopic (exact) mass is 311 g/mol. The largest absolute Gasteiger partial charge is 0.451 e. The Kier molecular flexibility index (Phi) is 4.80. The van der Waals surface area contributed by atoms with Crippen LogP contribution in [0.4, 0.5) is 18.0 Å². The van der Waals surface area contributed by atoms with E-state index in [1.165, 1.54) is 0 Å². The molecule has 0 aliphatic heterocycles. The number of carbonyl (C=O) groups excluding carboxylic acids is 1. The van der Waals surface area contributed by atoms with Crippen molar-refractivity contribution in [3.8, 4) is 0 Å². The maximum atomic E-state index is 12.5. The predicted molar refractivity (Wildman–Crippen MR) is 65.1 cm³/mol. The van der Waals surface area contributed by atoms with Crippen molar-refractivity contribution < 1.29 is 22.7 Å². The van der Waals surface area contributed by atoms with Crippen molar-refractivity contribution in [2.45, 2.75) is 39.1 Å². The van der Waals surface area contributed by atoms with Gasteiger partial charge in [0.2, 0.25) is 5.82 Å². The van der Waals surface area contributed by atoms with Crippen molar-refractivity contribution in [2.75, 3.05) is 0 Å². The molecule has 1 amide bonds. The lowest BCUT2D eigenvalue weighted by Gasteiger charge is -2.19. The molecule has 0 saturated heterocycles. The average molecular weight is 312 g/mol. The van der Waals surface area contributed by atoms with Gasteiger partial charge in [0, 0.05) is 0 Å². The van der Waals surface area contributed by atoms with Crippen LogP contribution in [0.3, 0.4) is 0 Å². The second-order valence-electron chi connectivity index (χ2n) is 4.86. The summed E-state index contributed by atoms with van der Waals surface area (Å²) in [6.07, 6.45) is -5.47. The van der Waals surface area contributed by atoms with E-state index in [1.54, 1.807) is 20.8 Å². The lowest BCUT2D eigenvalue weighted by Crippen LogP contribution is -2.32. The van der Waals surface area contributed by atoms with Gasteiger partial charge in [-0.3, -0.25) is 0 Å². The number of carbonyl (C=O) groups is 1. The van der Waals surface area contributed by atoms with E-state index in [2.05, 4.69) is 15.3 Å². The van der Waals surface area contributed by atoms with Crippen LogP contribution in [0.5, 0.6) is 0 Å². The first-order chi connectivity index (χ1) is 8.97. The van der Waals surface area contributed by atoms with E-state index in [1.807, 2.05) is 0 Å². The van der Waals surface area contributed by atoms with Gasteiger partial charge in [0.25, 0.3) is 0 Å². The molecule has 1 heterocycles. The lowest BCUT2D eigenvalue weighted by atomic mass is 10.2. The highest BCUT2D eigenvalue weighted by Gasteiger charge is 2.35. The zero-order chi connectivity index (χ0) is 15.6. The molecule has 1 aromatic heterocycles. The molecule has 20 heavy (non-hydrogen) atoms. The molecule has 0 saturated carbocycles. The van der Waals surface area contributed by atoms with Crippen molar-refractivity contribution in [1.29, 1.82) is 0 Å². The number of ether oxygens (including phenoxy) is 1. The summed E-state index contributed by atoms with van der Waals surface area (Å²) in [5.41, 5.74) is -0.770. The van der Waals surface area contributed by atoms with E-state index < -0.39 is 23.7 Å². The van der Waals surface area contributed by atoms with Crippen molar-refractivity contribution in [2.24, 2.45) is 0 Å². The molecule has 112 valence electrons. The number of hydrogen-bond donors (Lipinski definition) is 1. The van der Waals surface area contributed by atoms with Crippen molar-refractivity contribution >= 4 is 17.7 Å². The van der Waals surface area contributed by atoms with Crippen LogP contribution in [-0.2, 0) is 17.5 Å². The van der Waals surface area contributed by atoms with E-state index in [0.717, 1.165) is 6.07 Å². The smallest absolute Gasteiger partial charge is 0.444 e. The third-order valence-corrected chi connectivity index (χ3v) is 2.01. The van der Waals surface area contributed by atoms with Gasteiger partial charge in [-0.1, -0.05) is 11.6 Å². The number of amides is 1. The Labute approximate surface area is 118 Å². The molecule has 1 N–H and O–H groups in total. The van der Waals surface area contributed by atoms with Gasteiger partial charge in [0.1, 0.15) is 10.8 Å². The number of rotatable bonds is 2.